The van der Waals surface area contributed by atoms with Crippen LogP contribution in [-0.2, 0) is 22.0 Å². The summed E-state index contributed by atoms with van der Waals surface area (Å²) in [6.45, 7) is 13.7. The van der Waals surface area contributed by atoms with E-state index in [4.69, 9.17) is 5.73 Å². The molecule has 2 bridgehead atoms. The van der Waals surface area contributed by atoms with Crippen molar-refractivity contribution >= 4 is 25.6 Å². The molecular weight excluding hydrogens is 358 g/mol. The first-order chi connectivity index (χ1) is 13.1. The van der Waals surface area contributed by atoms with E-state index in [0.29, 0.717) is 11.8 Å². The molecule has 1 aromatic carbocycles. The normalized spacial score (nSPS) is 28.5. The third-order valence-corrected chi connectivity index (χ3v) is 9.45. The largest absolute Gasteiger partial charge is 0.272 e. The molecule has 2 saturated carbocycles. The molecule has 0 aliphatic heterocycles. The Morgan fingerprint density at radius 1 is 1.25 bits per heavy atom. The molecule has 3 heteroatoms. The van der Waals surface area contributed by atoms with Gasteiger partial charge in [0.25, 0.3) is 5.91 Å². The zero-order valence-corrected chi connectivity index (χ0v) is 19.3. The monoisotopic (exact) mass is 392 g/mol. The number of hydrogen-bond acceptors (Lipinski definition) is 1. The third kappa shape index (κ3) is 2.65. The Labute approximate surface area is 171 Å². The number of nitrogens with one attached hydrogen (secondary N) is 1. The van der Waals surface area contributed by atoms with Crippen LogP contribution in [0.25, 0.3) is 6.08 Å². The van der Waals surface area contributed by atoms with Gasteiger partial charge in [-0.2, -0.15) is 0 Å². The Morgan fingerprint density at radius 3 is 2.54 bits per heavy atom. The number of benzene rings is 1. The Balaban J connectivity index is 2.05. The first-order valence-corrected chi connectivity index (χ1v) is 13.4. The van der Waals surface area contributed by atoms with E-state index in [-0.39, 0.29) is 11.3 Å². The second-order valence-electron chi connectivity index (χ2n) is 10.4. The number of rotatable bonds is 3. The van der Waals surface area contributed by atoms with Crippen LogP contribution in [0.15, 0.2) is 17.7 Å². The summed E-state index contributed by atoms with van der Waals surface area (Å²) >= 11 is 0. The lowest BCUT2D eigenvalue weighted by atomic mass is 9.65. The lowest BCUT2D eigenvalue weighted by Crippen LogP contribution is -2.51. The first-order valence-electron chi connectivity index (χ1n) is 10.9. The fourth-order valence-electron chi connectivity index (χ4n) is 6.31. The van der Waals surface area contributed by atoms with Gasteiger partial charge in [0.05, 0.1) is 5.41 Å². The Bertz CT molecular complexity index is 913. The van der Waals surface area contributed by atoms with Gasteiger partial charge in [-0.25, -0.2) is 0 Å². The summed E-state index contributed by atoms with van der Waals surface area (Å²) in [6, 6.07) is 4.68. The van der Waals surface area contributed by atoms with Crippen LogP contribution in [0.3, 0.4) is 0 Å². The molecule has 4 rings (SSSR count). The van der Waals surface area contributed by atoms with Crippen molar-refractivity contribution in [3.05, 3.63) is 40.0 Å². The quantitative estimate of drug-likeness (QED) is 0.642. The Hall–Kier alpha value is -1.48. The summed E-state index contributed by atoms with van der Waals surface area (Å²) in [4.78, 5) is 13.2. The predicted octanol–water partition coefficient (Wildman–Crippen LogP) is 5.32. The average molecular weight is 393 g/mol. The summed E-state index contributed by atoms with van der Waals surface area (Å²) < 4.78 is 0. The Morgan fingerprint density at radius 2 is 1.96 bits per heavy atom. The van der Waals surface area contributed by atoms with Crippen LogP contribution in [0.2, 0.25) is 13.1 Å². The summed E-state index contributed by atoms with van der Waals surface area (Å²) in [6.07, 6.45) is 7.83. The van der Waals surface area contributed by atoms with E-state index in [9.17, 15) is 4.79 Å². The first kappa shape index (κ1) is 19.8. The van der Waals surface area contributed by atoms with Gasteiger partial charge in [-0.3, -0.25) is 10.5 Å². The molecule has 2 nitrogen and oxygen atoms in total. The van der Waals surface area contributed by atoms with Crippen molar-refractivity contribution in [3.63, 3.8) is 0 Å². The highest BCUT2D eigenvalue weighted by Crippen LogP contribution is 2.57. The maximum absolute atomic E-state index is 13.2. The van der Waals surface area contributed by atoms with E-state index in [1.807, 2.05) is 0 Å². The molecular formula is C25H34NOSi. The van der Waals surface area contributed by atoms with Gasteiger partial charge in [-0.1, -0.05) is 69.7 Å². The van der Waals surface area contributed by atoms with Crippen molar-refractivity contribution in [2.24, 2.45) is 11.8 Å². The highest BCUT2D eigenvalue weighted by Gasteiger charge is 2.60. The molecule has 1 radical (unpaired) electrons. The lowest BCUT2D eigenvalue weighted by Gasteiger charge is -2.40. The molecule has 3 unspecified atom stereocenters. The number of carbonyl (C=O) groups is 1. The summed E-state index contributed by atoms with van der Waals surface area (Å²) in [5.41, 5.74) is 14.6. The van der Waals surface area contributed by atoms with Crippen molar-refractivity contribution in [1.29, 1.82) is 0 Å². The van der Waals surface area contributed by atoms with Crippen molar-refractivity contribution in [2.75, 3.05) is 0 Å². The van der Waals surface area contributed by atoms with E-state index in [2.05, 4.69) is 59.0 Å². The van der Waals surface area contributed by atoms with Crippen molar-refractivity contribution in [3.8, 4) is 0 Å². The molecule has 1 aromatic rings. The fourth-order valence-corrected chi connectivity index (χ4v) is 8.63. The molecule has 0 spiro atoms. The minimum absolute atomic E-state index is 0.0306. The zero-order chi connectivity index (χ0) is 20.4. The van der Waals surface area contributed by atoms with Crippen LogP contribution >= 0.6 is 0 Å². The average Bonchev–Trinajstić information content (AvgIpc) is 3.31. The van der Waals surface area contributed by atoms with Gasteiger partial charge >= 0.3 is 0 Å². The van der Waals surface area contributed by atoms with Gasteiger partial charge in [-0.15, -0.1) is 0 Å². The molecule has 0 saturated heterocycles. The van der Waals surface area contributed by atoms with Crippen molar-refractivity contribution < 1.29 is 4.79 Å². The van der Waals surface area contributed by atoms with E-state index in [1.165, 1.54) is 39.4 Å². The molecule has 3 atom stereocenters. The van der Waals surface area contributed by atoms with E-state index in [1.54, 1.807) is 0 Å². The number of hydrogen-bond donors (Lipinski definition) is 0. The highest BCUT2D eigenvalue weighted by atomic mass is 28.2. The van der Waals surface area contributed by atoms with Crippen LogP contribution in [0, 0.1) is 11.8 Å². The molecule has 2 fully saturated rings. The summed E-state index contributed by atoms with van der Waals surface area (Å²) in [5.74, 6) is 0.568. The van der Waals surface area contributed by atoms with Crippen LogP contribution in [0.5, 0.6) is 0 Å². The molecule has 1 N–H and O–H groups in total. The van der Waals surface area contributed by atoms with Crippen molar-refractivity contribution in [2.45, 2.75) is 83.7 Å². The number of allylic oxidation sites excluding steroid dienone is 1. The van der Waals surface area contributed by atoms with Gasteiger partial charge in [0, 0.05) is 8.41 Å². The van der Waals surface area contributed by atoms with Crippen LogP contribution < -0.4 is 5.73 Å². The Kier molecular flexibility index (Phi) is 4.61. The lowest BCUT2D eigenvalue weighted by molar-refractivity contribution is -0.123. The van der Waals surface area contributed by atoms with Gasteiger partial charge in [0.15, 0.2) is 0 Å². The summed E-state index contributed by atoms with van der Waals surface area (Å²) in [5, 5.41) is 1.46. The molecule has 0 heterocycles. The molecule has 28 heavy (non-hydrogen) atoms. The predicted molar refractivity (Wildman–Crippen MR) is 120 cm³/mol. The molecule has 0 aromatic heterocycles. The topological polar surface area (TPSA) is 40.9 Å². The van der Waals surface area contributed by atoms with E-state index in [0.717, 1.165) is 25.7 Å². The SMILES string of the molecule is CCC1=Cc2cc(C(C)(C)C)cc(C3(C([NH])=O)C(=[Si](C)C)C4CCC3C4)c2C1. The van der Waals surface area contributed by atoms with Gasteiger partial charge in [0.1, 0.15) is 0 Å². The van der Waals surface area contributed by atoms with E-state index < -0.39 is 13.8 Å². The molecule has 3 aliphatic rings. The highest BCUT2D eigenvalue weighted by molar-refractivity contribution is 6.72. The van der Waals surface area contributed by atoms with Crippen molar-refractivity contribution in [1.82, 2.24) is 5.73 Å². The second kappa shape index (κ2) is 6.52. The maximum atomic E-state index is 13.2. The van der Waals surface area contributed by atoms with Crippen LogP contribution in [0.4, 0.5) is 0 Å². The van der Waals surface area contributed by atoms with Gasteiger partial charge in [-0.05, 0) is 71.6 Å². The zero-order valence-electron chi connectivity index (χ0n) is 18.3. The minimum Gasteiger partial charge on any atom is -0.272 e. The molecule has 3 aliphatic carbocycles. The number of fused-ring (bicyclic) bond motifs is 3. The number of amides is 1. The van der Waals surface area contributed by atoms with Gasteiger partial charge in [0.2, 0.25) is 0 Å². The summed E-state index contributed by atoms with van der Waals surface area (Å²) in [7, 11) is -0.764. The fraction of sp³-hybridized carbons (Fsp3) is 0.600. The molecule has 149 valence electrons. The van der Waals surface area contributed by atoms with Crippen LogP contribution in [-0.4, -0.2) is 19.5 Å². The minimum atomic E-state index is -0.764. The third-order valence-electron chi connectivity index (χ3n) is 7.57. The van der Waals surface area contributed by atoms with Crippen LogP contribution in [0.1, 0.15) is 75.6 Å². The maximum Gasteiger partial charge on any atom is 0.253 e. The number of carbonyl (C=O) groups excluding carboxylic acids is 1. The van der Waals surface area contributed by atoms with Gasteiger partial charge < -0.3 is 0 Å². The second-order valence-corrected chi connectivity index (χ2v) is 13.0. The van der Waals surface area contributed by atoms with E-state index >= 15 is 0 Å². The molecule has 1 amide bonds. The smallest absolute Gasteiger partial charge is 0.253 e. The standard InChI is InChI=1S/C25H34NOSi/c1-7-15-10-17-13-19(24(2,3)4)14-21(20(17)11-15)25(23(26)27)18-9-8-16(12-18)22(25)28(5)6/h10,13-14,16,18,26H,7-9,11-12H2,1-6H3.